The number of benzene rings is 2. The Morgan fingerprint density at radius 2 is 1.97 bits per heavy atom. The van der Waals surface area contributed by atoms with E-state index < -0.39 is 0 Å². The number of fused-ring (bicyclic) bond motifs is 2. The number of hydrogen-bond acceptors (Lipinski definition) is 4. The van der Waals surface area contributed by atoms with E-state index in [1.165, 1.54) is 6.20 Å². The van der Waals surface area contributed by atoms with E-state index in [1.54, 1.807) is 24.5 Å². The quantitative estimate of drug-likeness (QED) is 0.211. The van der Waals surface area contributed by atoms with Gasteiger partial charge in [-0.25, -0.2) is 4.39 Å². The van der Waals surface area contributed by atoms with Gasteiger partial charge >= 0.3 is 0 Å². The Hall–Kier alpha value is -4.36. The van der Waals surface area contributed by atoms with E-state index in [-0.39, 0.29) is 5.82 Å². The first-order valence-corrected chi connectivity index (χ1v) is 12.7. The molecule has 3 aromatic heterocycles. The van der Waals surface area contributed by atoms with Crippen molar-refractivity contribution in [2.75, 3.05) is 20.6 Å². The van der Waals surface area contributed by atoms with Crippen LogP contribution in [0.2, 0.25) is 0 Å². The van der Waals surface area contributed by atoms with Crippen molar-refractivity contribution in [1.82, 2.24) is 25.1 Å². The lowest BCUT2D eigenvalue weighted by molar-refractivity contribution is 0.400. The van der Waals surface area contributed by atoms with Crippen LogP contribution in [0.25, 0.3) is 49.9 Å². The number of halogens is 1. The summed E-state index contributed by atoms with van der Waals surface area (Å²) in [5, 5.41) is 9.66. The van der Waals surface area contributed by atoms with Crippen LogP contribution in [0, 0.1) is 5.82 Å². The summed E-state index contributed by atoms with van der Waals surface area (Å²) in [5.41, 5.74) is 8.03. The molecule has 0 aliphatic heterocycles. The molecule has 2 aromatic carbocycles. The number of hydrogen-bond donors (Lipinski definition) is 2. The number of aromatic amines is 2. The smallest absolute Gasteiger partial charge is 0.124 e. The highest BCUT2D eigenvalue weighted by atomic mass is 19.1. The van der Waals surface area contributed by atoms with Crippen molar-refractivity contribution in [3.05, 3.63) is 90.7 Å². The van der Waals surface area contributed by atoms with Crippen LogP contribution in [-0.2, 0) is 6.42 Å². The van der Waals surface area contributed by atoms with Crippen LogP contribution in [0.3, 0.4) is 0 Å². The third-order valence-corrected chi connectivity index (χ3v) is 6.63. The van der Waals surface area contributed by atoms with Crippen LogP contribution in [0.4, 0.5) is 4.39 Å². The van der Waals surface area contributed by atoms with E-state index in [0.717, 1.165) is 80.5 Å². The van der Waals surface area contributed by atoms with Crippen LogP contribution in [0.15, 0.2) is 78.6 Å². The molecule has 0 fully saturated rings. The number of H-pyrrole nitrogens is 2. The number of pyridine rings is 1. The first-order chi connectivity index (χ1) is 18.5. The van der Waals surface area contributed by atoms with Crippen molar-refractivity contribution >= 4 is 33.6 Å². The van der Waals surface area contributed by atoms with Crippen molar-refractivity contribution < 1.29 is 4.39 Å². The molecule has 7 heteroatoms. The van der Waals surface area contributed by atoms with Gasteiger partial charge in [0, 0.05) is 34.3 Å². The summed E-state index contributed by atoms with van der Waals surface area (Å²) in [6.07, 6.45) is 8.79. The third-order valence-electron chi connectivity index (χ3n) is 6.63. The van der Waals surface area contributed by atoms with E-state index in [9.17, 15) is 4.39 Å². The molecule has 0 radical (unpaired) electrons. The van der Waals surface area contributed by atoms with Gasteiger partial charge in [-0.1, -0.05) is 30.9 Å². The van der Waals surface area contributed by atoms with Crippen LogP contribution < -0.4 is 0 Å². The highest BCUT2D eigenvalue weighted by molar-refractivity contribution is 6.10. The second-order valence-electron chi connectivity index (χ2n) is 9.60. The molecule has 3 heterocycles. The second-order valence-corrected chi connectivity index (χ2v) is 9.60. The monoisotopic (exact) mass is 506 g/mol. The molecule has 0 saturated heterocycles. The largest absolute Gasteiger partial charge is 0.353 e. The number of nitrogens with one attached hydrogen (secondary N) is 2. The normalized spacial score (nSPS) is 12.4. The molecule has 0 saturated carbocycles. The number of aryl methyl sites for hydroxylation is 1. The van der Waals surface area contributed by atoms with Gasteiger partial charge in [-0.05, 0) is 87.4 Å². The molecule has 0 bridgehead atoms. The van der Waals surface area contributed by atoms with Gasteiger partial charge in [0.15, 0.2) is 0 Å². The molecule has 0 amide bonds. The van der Waals surface area contributed by atoms with Gasteiger partial charge in [-0.2, -0.15) is 5.10 Å². The Labute approximate surface area is 221 Å². The zero-order chi connectivity index (χ0) is 26.6. The van der Waals surface area contributed by atoms with Gasteiger partial charge < -0.3 is 9.88 Å². The Kier molecular flexibility index (Phi) is 7.29. The fourth-order valence-corrected chi connectivity index (χ4v) is 4.79. The number of allylic oxidation sites excluding steroid dienone is 2. The molecule has 0 aliphatic carbocycles. The summed E-state index contributed by atoms with van der Waals surface area (Å²) in [7, 11) is 4.11. The number of aromatic nitrogens is 4. The molecule has 0 spiro atoms. The molecule has 38 heavy (non-hydrogen) atoms. The van der Waals surface area contributed by atoms with Gasteiger partial charge in [0.1, 0.15) is 11.5 Å². The van der Waals surface area contributed by atoms with Crippen LogP contribution in [0.5, 0.6) is 0 Å². The third kappa shape index (κ3) is 5.19. The average molecular weight is 507 g/mol. The summed E-state index contributed by atoms with van der Waals surface area (Å²) in [5.74, 6) is -0.215. The number of nitrogens with zero attached hydrogens (tertiary/aromatic N) is 4. The van der Waals surface area contributed by atoms with Crippen molar-refractivity contribution in [3.63, 3.8) is 0 Å². The molecule has 192 valence electrons. The average Bonchev–Trinajstić information content (AvgIpc) is 3.52. The van der Waals surface area contributed by atoms with Crippen molar-refractivity contribution in [2.45, 2.75) is 19.8 Å². The lowest BCUT2D eigenvalue weighted by Crippen LogP contribution is -2.13. The fourth-order valence-electron chi connectivity index (χ4n) is 4.79. The van der Waals surface area contributed by atoms with E-state index in [0.29, 0.717) is 0 Å². The molecular weight excluding hydrogens is 475 g/mol. The van der Waals surface area contributed by atoms with Gasteiger partial charge in [-0.15, -0.1) is 0 Å². The zero-order valence-electron chi connectivity index (χ0n) is 21.9. The molecule has 6 nitrogen and oxygen atoms in total. The van der Waals surface area contributed by atoms with Gasteiger partial charge in [0.2, 0.25) is 0 Å². The van der Waals surface area contributed by atoms with Crippen LogP contribution >= 0.6 is 0 Å². The number of aliphatic imine (C=N–C) groups is 1. The van der Waals surface area contributed by atoms with Gasteiger partial charge in [-0.3, -0.25) is 15.1 Å². The Morgan fingerprint density at radius 3 is 2.76 bits per heavy atom. The molecule has 0 aliphatic rings. The lowest BCUT2D eigenvalue weighted by atomic mass is 9.98. The van der Waals surface area contributed by atoms with Crippen molar-refractivity contribution in [1.29, 1.82) is 0 Å². The molecule has 0 atom stereocenters. The van der Waals surface area contributed by atoms with Crippen molar-refractivity contribution in [3.8, 4) is 22.5 Å². The minimum absolute atomic E-state index is 0.215. The predicted molar refractivity (Wildman–Crippen MR) is 156 cm³/mol. The topological polar surface area (TPSA) is 73.0 Å². The van der Waals surface area contributed by atoms with Gasteiger partial charge in [0.05, 0.1) is 23.1 Å². The fraction of sp³-hybridized carbons (Fsp3) is 0.194. The van der Waals surface area contributed by atoms with E-state index >= 15 is 0 Å². The first kappa shape index (κ1) is 25.3. The maximum absolute atomic E-state index is 14.7. The van der Waals surface area contributed by atoms with Crippen molar-refractivity contribution in [2.24, 2.45) is 4.99 Å². The molecular formula is C31H31FN6. The zero-order valence-corrected chi connectivity index (χ0v) is 21.9. The molecule has 0 unspecified atom stereocenters. The summed E-state index contributed by atoms with van der Waals surface area (Å²) in [6, 6.07) is 15.5. The van der Waals surface area contributed by atoms with E-state index in [1.807, 2.05) is 37.3 Å². The maximum atomic E-state index is 14.7. The van der Waals surface area contributed by atoms with Crippen LogP contribution in [0.1, 0.15) is 24.6 Å². The lowest BCUT2D eigenvalue weighted by Gasteiger charge is -2.11. The summed E-state index contributed by atoms with van der Waals surface area (Å²) >= 11 is 0. The summed E-state index contributed by atoms with van der Waals surface area (Å²) in [4.78, 5) is 14.4. The predicted octanol–water partition coefficient (Wildman–Crippen LogP) is 7.02. The van der Waals surface area contributed by atoms with Gasteiger partial charge in [0.25, 0.3) is 0 Å². The molecule has 5 rings (SSSR count). The minimum atomic E-state index is -0.215. The van der Waals surface area contributed by atoms with Crippen LogP contribution in [-0.4, -0.2) is 51.9 Å². The SMILES string of the molecule is C=CN=C/C(=C\C)c1cc2c(-c3cc4c(-c5cc(F)cc(CCCN(C)C)c5)cccc4[nH]3)n[nH]c2cn1. The maximum Gasteiger partial charge on any atom is 0.124 e. The standard InChI is InChI=1S/C31H31FN6/c1-5-21(18-33-6-2)28-17-26-30(19-34-28)36-37-31(26)29-16-25-24(10-7-11-27(25)35-29)22-13-20(14-23(32)15-22)9-8-12-38(3)4/h5-7,10-11,13-19,35H,2,8-9,12H2,1,3-4H3,(H,36,37)/b21-5+,33-18?. The highest BCUT2D eigenvalue weighted by Gasteiger charge is 2.15. The minimum Gasteiger partial charge on any atom is -0.353 e. The highest BCUT2D eigenvalue weighted by Crippen LogP contribution is 2.35. The summed E-state index contributed by atoms with van der Waals surface area (Å²) in [6.45, 7) is 6.56. The summed E-state index contributed by atoms with van der Waals surface area (Å²) < 4.78 is 14.7. The molecule has 5 aromatic rings. The molecule has 2 N–H and O–H groups in total. The Morgan fingerprint density at radius 1 is 1.11 bits per heavy atom. The van der Waals surface area contributed by atoms with E-state index in [2.05, 4.69) is 62.9 Å². The Balaban J connectivity index is 1.55. The first-order valence-electron chi connectivity index (χ1n) is 12.7. The number of rotatable bonds is 9. The second kappa shape index (κ2) is 10.9. The van der Waals surface area contributed by atoms with E-state index in [4.69, 9.17) is 0 Å². The Bertz CT molecular complexity index is 1670.